The highest BCUT2D eigenvalue weighted by Crippen LogP contribution is 2.37. The average Bonchev–Trinajstić information content (AvgIpc) is 3.42. The molecule has 0 bridgehead atoms. The van der Waals surface area contributed by atoms with E-state index in [9.17, 15) is 19.5 Å². The fraction of sp³-hybridized carbons (Fsp3) is 0.667. The number of anilines is 1. The summed E-state index contributed by atoms with van der Waals surface area (Å²) in [5, 5.41) is 9.66. The molecule has 0 radical (unpaired) electrons. The van der Waals surface area contributed by atoms with Crippen molar-refractivity contribution in [1.82, 2.24) is 9.80 Å². The summed E-state index contributed by atoms with van der Waals surface area (Å²) in [5.41, 5.74) is 1.83. The van der Waals surface area contributed by atoms with Crippen LogP contribution < -0.4 is 4.90 Å². The third-order valence-electron chi connectivity index (χ3n) is 8.35. The molecule has 1 N–H and O–H groups in total. The highest BCUT2D eigenvalue weighted by atomic mass is 16.3. The van der Waals surface area contributed by atoms with Crippen LogP contribution in [0.2, 0.25) is 0 Å². The summed E-state index contributed by atoms with van der Waals surface area (Å²) in [6, 6.07) is 5.51. The lowest BCUT2D eigenvalue weighted by Gasteiger charge is -2.37. The Kier molecular flexibility index (Phi) is 6.91. The van der Waals surface area contributed by atoms with Gasteiger partial charge in [-0.25, -0.2) is 0 Å². The van der Waals surface area contributed by atoms with Crippen LogP contribution in [-0.2, 0) is 4.79 Å². The molecule has 3 fully saturated rings. The van der Waals surface area contributed by atoms with Gasteiger partial charge in [-0.2, -0.15) is 0 Å². The molecule has 2 saturated heterocycles. The molecule has 0 spiro atoms. The highest BCUT2D eigenvalue weighted by Gasteiger charge is 2.43. The van der Waals surface area contributed by atoms with Gasteiger partial charge in [0.05, 0.1) is 35.4 Å². The number of imide groups is 1. The average molecular weight is 468 g/mol. The molecule has 3 amide bonds. The molecule has 0 unspecified atom stereocenters. The predicted molar refractivity (Wildman–Crippen MR) is 130 cm³/mol. The molecule has 184 valence electrons. The van der Waals surface area contributed by atoms with Gasteiger partial charge in [0, 0.05) is 25.7 Å². The third-order valence-corrected chi connectivity index (χ3v) is 8.35. The number of aliphatic hydroxyl groups excluding tert-OH is 1. The number of carbonyl (C=O) groups excluding carboxylic acids is 3. The van der Waals surface area contributed by atoms with Crippen molar-refractivity contribution in [3.63, 3.8) is 0 Å². The van der Waals surface area contributed by atoms with E-state index in [4.69, 9.17) is 0 Å². The molecule has 1 aromatic rings. The van der Waals surface area contributed by atoms with Crippen molar-refractivity contribution in [3.8, 4) is 0 Å². The fourth-order valence-corrected chi connectivity index (χ4v) is 6.52. The number of hydrogen-bond acceptors (Lipinski definition) is 5. The number of fused-ring (bicyclic) bond motifs is 1. The lowest BCUT2D eigenvalue weighted by atomic mass is 9.94. The molecule has 3 heterocycles. The first-order valence-electron chi connectivity index (χ1n) is 13.3. The molecule has 0 aromatic heterocycles. The number of benzene rings is 1. The maximum Gasteiger partial charge on any atom is 0.263 e. The molecule has 1 aliphatic carbocycles. The summed E-state index contributed by atoms with van der Waals surface area (Å²) in [6.45, 7) is 2.05. The van der Waals surface area contributed by atoms with Crippen LogP contribution in [-0.4, -0.2) is 71.0 Å². The van der Waals surface area contributed by atoms with E-state index in [2.05, 4.69) is 4.90 Å². The molecule has 5 rings (SSSR count). The van der Waals surface area contributed by atoms with Crippen molar-refractivity contribution >= 4 is 23.4 Å². The molecule has 3 aliphatic heterocycles. The van der Waals surface area contributed by atoms with E-state index in [0.29, 0.717) is 24.2 Å². The van der Waals surface area contributed by atoms with Gasteiger partial charge in [-0.05, 0) is 50.7 Å². The van der Waals surface area contributed by atoms with Gasteiger partial charge in [0.2, 0.25) is 5.91 Å². The van der Waals surface area contributed by atoms with Crippen LogP contribution in [0.1, 0.15) is 91.3 Å². The second-order valence-electron chi connectivity index (χ2n) is 10.5. The summed E-state index contributed by atoms with van der Waals surface area (Å²) in [7, 11) is 0. The van der Waals surface area contributed by atoms with Crippen molar-refractivity contribution in [1.29, 1.82) is 0 Å². The Morgan fingerprint density at radius 2 is 1.62 bits per heavy atom. The molecule has 34 heavy (non-hydrogen) atoms. The van der Waals surface area contributed by atoms with Crippen molar-refractivity contribution in [2.75, 3.05) is 31.1 Å². The topological polar surface area (TPSA) is 81.2 Å². The Bertz CT molecular complexity index is 940. The Balaban J connectivity index is 1.37. The smallest absolute Gasteiger partial charge is 0.263 e. The van der Waals surface area contributed by atoms with E-state index in [0.717, 1.165) is 63.6 Å². The standard InChI is InChI=1S/C27H37N3O4/c31-18-21-12-8-16-29(21)25(32)19-9-7-15-28(17-19)23-14-6-13-22-24(23)27(34)30(26(22)33)20-10-4-2-1-3-5-11-20/h6,13-14,19-21,31H,1-5,7-12,15-18H2/t19-,21-/m0/s1. The minimum atomic E-state index is -0.158. The van der Waals surface area contributed by atoms with Crippen molar-refractivity contribution in [3.05, 3.63) is 29.3 Å². The zero-order valence-electron chi connectivity index (χ0n) is 20.1. The second kappa shape index (κ2) is 10.1. The first-order chi connectivity index (χ1) is 16.6. The molecular formula is C27H37N3O4. The van der Waals surface area contributed by atoms with Crippen LogP contribution in [0, 0.1) is 5.92 Å². The summed E-state index contributed by atoms with van der Waals surface area (Å²) >= 11 is 0. The first-order valence-corrected chi connectivity index (χ1v) is 13.3. The second-order valence-corrected chi connectivity index (χ2v) is 10.5. The largest absolute Gasteiger partial charge is 0.394 e. The predicted octanol–water partition coefficient (Wildman–Crippen LogP) is 3.60. The molecule has 7 heteroatoms. The monoisotopic (exact) mass is 467 g/mol. The number of piperidine rings is 1. The number of rotatable bonds is 4. The summed E-state index contributed by atoms with van der Waals surface area (Å²) in [4.78, 5) is 45.8. The molecule has 1 saturated carbocycles. The third kappa shape index (κ3) is 4.23. The van der Waals surface area contributed by atoms with Crippen LogP contribution in [0.5, 0.6) is 0 Å². The molecule has 1 aromatic carbocycles. The van der Waals surface area contributed by atoms with Crippen LogP contribution in [0.25, 0.3) is 0 Å². The number of nitrogens with zero attached hydrogens (tertiary/aromatic N) is 3. The number of amides is 3. The fourth-order valence-electron chi connectivity index (χ4n) is 6.52. The minimum Gasteiger partial charge on any atom is -0.394 e. The van der Waals surface area contributed by atoms with Crippen molar-refractivity contribution in [2.45, 2.75) is 82.7 Å². The first kappa shape index (κ1) is 23.3. The number of carbonyl (C=O) groups is 3. The van der Waals surface area contributed by atoms with E-state index in [-0.39, 0.29) is 42.3 Å². The Hall–Kier alpha value is -2.41. The lowest BCUT2D eigenvalue weighted by Crippen LogP contribution is -2.47. The van der Waals surface area contributed by atoms with E-state index in [1.54, 1.807) is 11.0 Å². The van der Waals surface area contributed by atoms with Crippen LogP contribution in [0.4, 0.5) is 5.69 Å². The van der Waals surface area contributed by atoms with Gasteiger partial charge >= 0.3 is 0 Å². The van der Waals surface area contributed by atoms with E-state index in [1.165, 1.54) is 19.3 Å². The van der Waals surface area contributed by atoms with Gasteiger partial charge in [-0.15, -0.1) is 0 Å². The molecular weight excluding hydrogens is 430 g/mol. The Labute approximate surface area is 202 Å². The Morgan fingerprint density at radius 1 is 0.882 bits per heavy atom. The van der Waals surface area contributed by atoms with E-state index < -0.39 is 0 Å². The Morgan fingerprint density at radius 3 is 2.38 bits per heavy atom. The van der Waals surface area contributed by atoms with Crippen LogP contribution in [0.3, 0.4) is 0 Å². The maximum atomic E-state index is 13.6. The SMILES string of the molecule is O=C1c2cccc(N3CCC[C@H](C(=O)N4CCC[C@H]4CO)C3)c2C(=O)N1C1CCCCCCC1. The summed E-state index contributed by atoms with van der Waals surface area (Å²) < 4.78 is 0. The maximum absolute atomic E-state index is 13.6. The normalized spacial score (nSPS) is 26.6. The number of hydrogen-bond donors (Lipinski definition) is 1. The summed E-state index contributed by atoms with van der Waals surface area (Å²) in [6.07, 6.45) is 11.0. The van der Waals surface area contributed by atoms with E-state index in [1.807, 2.05) is 17.0 Å². The molecule has 4 aliphatic rings. The van der Waals surface area contributed by atoms with Gasteiger partial charge < -0.3 is 14.9 Å². The van der Waals surface area contributed by atoms with Crippen LogP contribution in [0.15, 0.2) is 18.2 Å². The van der Waals surface area contributed by atoms with Crippen molar-refractivity contribution < 1.29 is 19.5 Å². The van der Waals surface area contributed by atoms with Gasteiger partial charge in [-0.3, -0.25) is 19.3 Å². The quantitative estimate of drug-likeness (QED) is 0.685. The lowest BCUT2D eigenvalue weighted by molar-refractivity contribution is -0.137. The minimum absolute atomic E-state index is 0.0122. The number of likely N-dealkylation sites (tertiary alicyclic amines) is 1. The van der Waals surface area contributed by atoms with Gasteiger partial charge in [0.1, 0.15) is 0 Å². The van der Waals surface area contributed by atoms with Gasteiger partial charge in [0.25, 0.3) is 11.8 Å². The highest BCUT2D eigenvalue weighted by molar-refractivity contribution is 6.24. The van der Waals surface area contributed by atoms with Crippen molar-refractivity contribution in [2.24, 2.45) is 5.92 Å². The van der Waals surface area contributed by atoms with Crippen LogP contribution >= 0.6 is 0 Å². The van der Waals surface area contributed by atoms with E-state index >= 15 is 0 Å². The number of aliphatic hydroxyl groups is 1. The zero-order valence-corrected chi connectivity index (χ0v) is 20.1. The van der Waals surface area contributed by atoms with Gasteiger partial charge in [0.15, 0.2) is 0 Å². The molecule has 7 nitrogen and oxygen atoms in total. The van der Waals surface area contributed by atoms with Gasteiger partial charge in [-0.1, -0.05) is 38.2 Å². The summed E-state index contributed by atoms with van der Waals surface area (Å²) in [5.74, 6) is -0.340. The zero-order chi connectivity index (χ0) is 23.7. The molecule has 2 atom stereocenters.